The molecule has 1 spiro atoms. The van der Waals surface area contributed by atoms with Gasteiger partial charge in [0.25, 0.3) is 0 Å². The minimum Gasteiger partial charge on any atom is -0.314 e. The second-order valence-corrected chi connectivity index (χ2v) is 4.30. The fourth-order valence-electron chi connectivity index (χ4n) is 1.44. The Hall–Kier alpha value is 0.310. The standard InChI is InChI=1S/C6H11NS/c1-2-6(8-3-1)4-7-5-6/h7H,1-5H2. The molecular weight excluding hydrogens is 118 g/mol. The predicted molar refractivity (Wildman–Crippen MR) is 37.3 cm³/mol. The van der Waals surface area contributed by atoms with E-state index in [1.807, 2.05) is 0 Å². The maximum absolute atomic E-state index is 3.32. The molecule has 0 aliphatic carbocycles. The Bertz CT molecular complexity index is 90.7. The molecule has 8 heavy (non-hydrogen) atoms. The van der Waals surface area contributed by atoms with Gasteiger partial charge in [0.15, 0.2) is 0 Å². The summed E-state index contributed by atoms with van der Waals surface area (Å²) in [5.74, 6) is 1.40. The van der Waals surface area contributed by atoms with E-state index in [1.54, 1.807) is 0 Å². The highest BCUT2D eigenvalue weighted by atomic mass is 32.2. The van der Waals surface area contributed by atoms with Crippen molar-refractivity contribution in [1.82, 2.24) is 5.32 Å². The summed E-state index contributed by atoms with van der Waals surface area (Å²) in [5, 5.41) is 3.32. The molecule has 0 aromatic heterocycles. The first-order chi connectivity index (χ1) is 3.91. The molecule has 0 unspecified atom stereocenters. The van der Waals surface area contributed by atoms with Gasteiger partial charge >= 0.3 is 0 Å². The predicted octanol–water partition coefficient (Wildman–Crippen LogP) is 0.855. The quantitative estimate of drug-likeness (QED) is 0.520. The van der Waals surface area contributed by atoms with Crippen LogP contribution in [0, 0.1) is 0 Å². The molecule has 2 aliphatic rings. The second kappa shape index (κ2) is 1.64. The van der Waals surface area contributed by atoms with E-state index in [2.05, 4.69) is 17.1 Å². The monoisotopic (exact) mass is 129 g/mol. The van der Waals surface area contributed by atoms with E-state index in [9.17, 15) is 0 Å². The Morgan fingerprint density at radius 1 is 1.38 bits per heavy atom. The van der Waals surface area contributed by atoms with E-state index in [0.29, 0.717) is 0 Å². The van der Waals surface area contributed by atoms with Gasteiger partial charge in [-0.3, -0.25) is 0 Å². The van der Waals surface area contributed by atoms with Crippen LogP contribution in [-0.2, 0) is 0 Å². The summed E-state index contributed by atoms with van der Waals surface area (Å²) in [6.45, 7) is 2.55. The third-order valence-electron chi connectivity index (χ3n) is 2.08. The zero-order chi connectivity index (χ0) is 5.45. The number of rotatable bonds is 0. The molecule has 0 aromatic carbocycles. The average Bonchev–Trinajstić information content (AvgIpc) is 2.07. The molecular formula is C6H11NS. The molecule has 2 aliphatic heterocycles. The van der Waals surface area contributed by atoms with Gasteiger partial charge in [-0.2, -0.15) is 11.8 Å². The van der Waals surface area contributed by atoms with Crippen LogP contribution in [0.25, 0.3) is 0 Å². The van der Waals surface area contributed by atoms with Crippen LogP contribution in [0.15, 0.2) is 0 Å². The summed E-state index contributed by atoms with van der Waals surface area (Å²) in [6.07, 6.45) is 2.91. The summed E-state index contributed by atoms with van der Waals surface area (Å²) in [5.41, 5.74) is 0. The van der Waals surface area contributed by atoms with Gasteiger partial charge in [0.1, 0.15) is 0 Å². The molecule has 0 radical (unpaired) electrons. The van der Waals surface area contributed by atoms with E-state index in [0.717, 1.165) is 4.75 Å². The summed E-state index contributed by atoms with van der Waals surface area (Å²) in [4.78, 5) is 0. The van der Waals surface area contributed by atoms with Gasteiger partial charge in [0.05, 0.1) is 0 Å². The molecule has 0 atom stereocenters. The molecule has 46 valence electrons. The number of thioether (sulfide) groups is 1. The average molecular weight is 129 g/mol. The van der Waals surface area contributed by atoms with Gasteiger partial charge in [-0.1, -0.05) is 0 Å². The van der Waals surface area contributed by atoms with Gasteiger partial charge in [0, 0.05) is 17.8 Å². The van der Waals surface area contributed by atoms with Crippen molar-refractivity contribution >= 4 is 11.8 Å². The highest BCUT2D eigenvalue weighted by molar-refractivity contribution is 8.01. The lowest BCUT2D eigenvalue weighted by atomic mass is 9.97. The molecule has 2 saturated heterocycles. The summed E-state index contributed by atoms with van der Waals surface area (Å²) in [6, 6.07) is 0. The van der Waals surface area contributed by atoms with Crippen molar-refractivity contribution in [3.63, 3.8) is 0 Å². The third-order valence-corrected chi connectivity index (χ3v) is 3.68. The first-order valence-corrected chi connectivity index (χ1v) is 4.25. The lowest BCUT2D eigenvalue weighted by Gasteiger charge is -2.38. The van der Waals surface area contributed by atoms with E-state index in [-0.39, 0.29) is 0 Å². The van der Waals surface area contributed by atoms with Crippen LogP contribution in [0.4, 0.5) is 0 Å². The van der Waals surface area contributed by atoms with E-state index < -0.39 is 0 Å². The third kappa shape index (κ3) is 0.594. The smallest absolute Gasteiger partial charge is 0.0408 e. The minimum atomic E-state index is 0.722. The summed E-state index contributed by atoms with van der Waals surface area (Å²) in [7, 11) is 0. The molecule has 0 saturated carbocycles. The molecule has 0 aromatic rings. The Morgan fingerprint density at radius 3 is 2.50 bits per heavy atom. The molecule has 0 bridgehead atoms. The van der Waals surface area contributed by atoms with Crippen molar-refractivity contribution in [1.29, 1.82) is 0 Å². The highest BCUT2D eigenvalue weighted by Crippen LogP contribution is 2.40. The zero-order valence-corrected chi connectivity index (χ0v) is 5.76. The fraction of sp³-hybridized carbons (Fsp3) is 1.00. The van der Waals surface area contributed by atoms with Crippen LogP contribution in [0.5, 0.6) is 0 Å². The molecule has 2 heterocycles. The SMILES string of the molecule is C1CSC2(C1)CNC2. The zero-order valence-electron chi connectivity index (χ0n) is 4.94. The topological polar surface area (TPSA) is 12.0 Å². The Morgan fingerprint density at radius 2 is 2.25 bits per heavy atom. The van der Waals surface area contributed by atoms with Gasteiger partial charge in [-0.15, -0.1) is 0 Å². The first kappa shape index (κ1) is 5.12. The summed E-state index contributed by atoms with van der Waals surface area (Å²) >= 11 is 2.17. The molecule has 1 nitrogen and oxygen atoms in total. The normalized spacial score (nSPS) is 33.0. The number of hydrogen-bond donors (Lipinski definition) is 1. The molecule has 2 heteroatoms. The van der Waals surface area contributed by atoms with E-state index in [4.69, 9.17) is 0 Å². The molecule has 2 fully saturated rings. The highest BCUT2D eigenvalue weighted by Gasteiger charge is 2.39. The lowest BCUT2D eigenvalue weighted by Crippen LogP contribution is -2.55. The van der Waals surface area contributed by atoms with Crippen molar-refractivity contribution in [2.75, 3.05) is 18.8 Å². The minimum absolute atomic E-state index is 0.722. The van der Waals surface area contributed by atoms with Crippen LogP contribution in [0.3, 0.4) is 0 Å². The largest absolute Gasteiger partial charge is 0.314 e. The van der Waals surface area contributed by atoms with Crippen LogP contribution < -0.4 is 5.32 Å². The number of nitrogens with one attached hydrogen (secondary N) is 1. The van der Waals surface area contributed by atoms with Crippen molar-refractivity contribution in [3.8, 4) is 0 Å². The Kier molecular flexibility index (Phi) is 1.05. The second-order valence-electron chi connectivity index (χ2n) is 2.74. The maximum Gasteiger partial charge on any atom is 0.0408 e. The van der Waals surface area contributed by atoms with Crippen LogP contribution in [-0.4, -0.2) is 23.6 Å². The van der Waals surface area contributed by atoms with E-state index in [1.165, 1.54) is 31.7 Å². The molecule has 1 N–H and O–H groups in total. The Labute approximate surface area is 54.2 Å². The van der Waals surface area contributed by atoms with Crippen LogP contribution in [0.2, 0.25) is 0 Å². The fourth-order valence-corrected chi connectivity index (χ4v) is 2.86. The van der Waals surface area contributed by atoms with Crippen LogP contribution in [0.1, 0.15) is 12.8 Å². The van der Waals surface area contributed by atoms with Gasteiger partial charge in [-0.05, 0) is 18.6 Å². The van der Waals surface area contributed by atoms with Crippen molar-refractivity contribution in [2.24, 2.45) is 0 Å². The van der Waals surface area contributed by atoms with E-state index >= 15 is 0 Å². The summed E-state index contributed by atoms with van der Waals surface area (Å²) < 4.78 is 0.722. The van der Waals surface area contributed by atoms with Gasteiger partial charge in [-0.25, -0.2) is 0 Å². The van der Waals surface area contributed by atoms with Crippen molar-refractivity contribution < 1.29 is 0 Å². The number of hydrogen-bond acceptors (Lipinski definition) is 2. The maximum atomic E-state index is 3.32. The Balaban J connectivity index is 2.01. The first-order valence-electron chi connectivity index (χ1n) is 3.26. The molecule has 0 amide bonds. The molecule has 2 rings (SSSR count). The van der Waals surface area contributed by atoms with Gasteiger partial charge in [0.2, 0.25) is 0 Å². The lowest BCUT2D eigenvalue weighted by molar-refractivity contribution is 0.382. The van der Waals surface area contributed by atoms with Gasteiger partial charge < -0.3 is 5.32 Å². The van der Waals surface area contributed by atoms with Crippen molar-refractivity contribution in [2.45, 2.75) is 17.6 Å². The van der Waals surface area contributed by atoms with Crippen molar-refractivity contribution in [3.05, 3.63) is 0 Å². The van der Waals surface area contributed by atoms with Crippen LogP contribution >= 0.6 is 11.8 Å².